The van der Waals surface area contributed by atoms with Crippen molar-refractivity contribution in [1.29, 1.82) is 0 Å². The summed E-state index contributed by atoms with van der Waals surface area (Å²) in [5.74, 6) is -1.97. The molecule has 0 spiro atoms. The first-order chi connectivity index (χ1) is 14.0. The Bertz CT molecular complexity index is 681. The van der Waals surface area contributed by atoms with Gasteiger partial charge >= 0.3 is 18.1 Å². The highest BCUT2D eigenvalue weighted by Gasteiger charge is 2.30. The van der Waals surface area contributed by atoms with E-state index in [0.717, 1.165) is 44.6 Å². The number of nitrogens with one attached hydrogen (secondary N) is 1. The van der Waals surface area contributed by atoms with E-state index < -0.39 is 23.7 Å². The summed E-state index contributed by atoms with van der Waals surface area (Å²) in [6, 6.07) is 6.11. The first-order valence-electron chi connectivity index (χ1n) is 9.74. The lowest BCUT2D eigenvalue weighted by Gasteiger charge is -2.36. The summed E-state index contributed by atoms with van der Waals surface area (Å²) < 4.78 is 37.9. The normalized spacial score (nSPS) is 15.3. The molecule has 3 N–H and O–H groups in total. The topological polar surface area (TPSA) is 89.9 Å². The van der Waals surface area contributed by atoms with Crippen LogP contribution in [-0.2, 0) is 22.3 Å². The van der Waals surface area contributed by atoms with Gasteiger partial charge in [0.15, 0.2) is 0 Å². The standard InChI is InChI=1S/C17H25F3N2.C4H4O4/c1-13(2)11-22(16-7-9-21-10-8-16)12-14-3-5-15(6-4-14)17(18,19)20;5-3(6)1-2-4(7)8/h3-6,13,16,21H,7-12H2,1-2H3;1-2H,(H,5,6)(H,7,8). The third kappa shape index (κ3) is 10.4. The van der Waals surface area contributed by atoms with Gasteiger partial charge in [0.25, 0.3) is 0 Å². The molecule has 0 bridgehead atoms. The number of benzene rings is 1. The fraction of sp³-hybridized carbons (Fsp3) is 0.524. The van der Waals surface area contributed by atoms with Crippen molar-refractivity contribution >= 4 is 11.9 Å². The fourth-order valence-corrected chi connectivity index (χ4v) is 3.16. The highest BCUT2D eigenvalue weighted by molar-refractivity contribution is 5.89. The first-order valence-corrected chi connectivity index (χ1v) is 9.74. The molecule has 0 radical (unpaired) electrons. The molecule has 0 saturated carbocycles. The SMILES string of the molecule is CC(C)CN(Cc1ccc(C(F)(F)F)cc1)C1CCNCC1.O=C(O)C=CC(=O)O. The van der Waals surface area contributed by atoms with Crippen molar-refractivity contribution in [3.63, 3.8) is 0 Å². The minimum Gasteiger partial charge on any atom is -0.478 e. The van der Waals surface area contributed by atoms with E-state index >= 15 is 0 Å². The summed E-state index contributed by atoms with van der Waals surface area (Å²) >= 11 is 0. The molecular formula is C21H29F3N2O4. The molecular weight excluding hydrogens is 401 g/mol. The second kappa shape index (κ2) is 12.3. The molecule has 30 heavy (non-hydrogen) atoms. The van der Waals surface area contributed by atoms with Crippen LogP contribution in [-0.4, -0.2) is 52.7 Å². The molecule has 1 heterocycles. The van der Waals surface area contributed by atoms with Gasteiger partial charge in [-0.2, -0.15) is 13.2 Å². The minimum absolute atomic E-state index is 0.519. The van der Waals surface area contributed by atoms with Crippen LogP contribution >= 0.6 is 0 Å². The molecule has 1 aromatic carbocycles. The van der Waals surface area contributed by atoms with Gasteiger partial charge < -0.3 is 15.5 Å². The van der Waals surface area contributed by atoms with E-state index in [1.807, 2.05) is 0 Å². The number of carboxylic acids is 2. The lowest BCUT2D eigenvalue weighted by atomic mass is 10.0. The third-order valence-electron chi connectivity index (χ3n) is 4.46. The van der Waals surface area contributed by atoms with Gasteiger partial charge in [0.1, 0.15) is 0 Å². The Hall–Kier alpha value is -2.39. The summed E-state index contributed by atoms with van der Waals surface area (Å²) in [5, 5.41) is 19.0. The lowest BCUT2D eigenvalue weighted by molar-refractivity contribution is -0.137. The predicted molar refractivity (Wildman–Crippen MR) is 107 cm³/mol. The fourth-order valence-electron chi connectivity index (χ4n) is 3.16. The molecule has 0 aliphatic carbocycles. The number of carboxylic acid groups (broad SMARTS) is 2. The van der Waals surface area contributed by atoms with Gasteiger partial charge in [-0.1, -0.05) is 26.0 Å². The molecule has 1 aliphatic heterocycles. The number of hydrogen-bond donors (Lipinski definition) is 3. The molecule has 1 aromatic rings. The van der Waals surface area contributed by atoms with Crippen molar-refractivity contribution in [2.24, 2.45) is 5.92 Å². The van der Waals surface area contributed by atoms with Crippen LogP contribution in [0.1, 0.15) is 37.8 Å². The maximum Gasteiger partial charge on any atom is 0.416 e. The lowest BCUT2D eigenvalue weighted by Crippen LogP contribution is -2.44. The smallest absolute Gasteiger partial charge is 0.416 e. The number of rotatable bonds is 7. The van der Waals surface area contributed by atoms with Crippen LogP contribution in [0.2, 0.25) is 0 Å². The predicted octanol–water partition coefficient (Wildman–Crippen LogP) is 3.63. The minimum atomic E-state index is -4.26. The highest BCUT2D eigenvalue weighted by atomic mass is 19.4. The van der Waals surface area contributed by atoms with E-state index in [1.165, 1.54) is 12.1 Å². The van der Waals surface area contributed by atoms with Crippen molar-refractivity contribution in [2.75, 3.05) is 19.6 Å². The van der Waals surface area contributed by atoms with Crippen LogP contribution in [0.15, 0.2) is 36.4 Å². The van der Waals surface area contributed by atoms with Crippen LogP contribution in [0.3, 0.4) is 0 Å². The third-order valence-corrected chi connectivity index (χ3v) is 4.46. The molecule has 168 valence electrons. The molecule has 1 fully saturated rings. The quantitative estimate of drug-likeness (QED) is 0.573. The van der Waals surface area contributed by atoms with E-state index in [-0.39, 0.29) is 0 Å². The summed E-state index contributed by atoms with van der Waals surface area (Å²) in [5.41, 5.74) is 0.376. The molecule has 1 saturated heterocycles. The van der Waals surface area contributed by atoms with Crippen molar-refractivity contribution in [3.8, 4) is 0 Å². The van der Waals surface area contributed by atoms with Gasteiger partial charge in [0.05, 0.1) is 5.56 Å². The molecule has 9 heteroatoms. The van der Waals surface area contributed by atoms with Gasteiger partial charge in [-0.3, -0.25) is 4.90 Å². The zero-order valence-electron chi connectivity index (χ0n) is 17.2. The summed E-state index contributed by atoms with van der Waals surface area (Å²) in [7, 11) is 0. The first kappa shape index (κ1) is 25.6. The van der Waals surface area contributed by atoms with Crippen LogP contribution < -0.4 is 5.32 Å². The highest BCUT2D eigenvalue weighted by Crippen LogP contribution is 2.29. The van der Waals surface area contributed by atoms with Crippen molar-refractivity contribution in [3.05, 3.63) is 47.5 Å². The Morgan fingerprint density at radius 2 is 1.60 bits per heavy atom. The van der Waals surface area contributed by atoms with Crippen LogP contribution in [0.5, 0.6) is 0 Å². The number of aliphatic carboxylic acids is 2. The molecule has 0 amide bonds. The van der Waals surface area contributed by atoms with E-state index in [1.54, 1.807) is 12.1 Å². The van der Waals surface area contributed by atoms with E-state index in [2.05, 4.69) is 24.1 Å². The van der Waals surface area contributed by atoms with E-state index in [9.17, 15) is 22.8 Å². The molecule has 0 atom stereocenters. The summed E-state index contributed by atoms with van der Waals surface area (Å²) in [6.07, 6.45) is -0.934. The van der Waals surface area contributed by atoms with E-state index in [0.29, 0.717) is 24.1 Å². The van der Waals surface area contributed by atoms with Gasteiger partial charge in [0.2, 0.25) is 0 Å². The summed E-state index contributed by atoms with van der Waals surface area (Å²) in [6.45, 7) is 8.10. The van der Waals surface area contributed by atoms with Crippen LogP contribution in [0, 0.1) is 5.92 Å². The molecule has 2 rings (SSSR count). The number of nitrogens with zero attached hydrogens (tertiary/aromatic N) is 1. The summed E-state index contributed by atoms with van der Waals surface area (Å²) in [4.78, 5) is 21.5. The Labute approximate surface area is 174 Å². The Morgan fingerprint density at radius 1 is 1.10 bits per heavy atom. The van der Waals surface area contributed by atoms with Gasteiger partial charge in [-0.25, -0.2) is 9.59 Å². The molecule has 0 aromatic heterocycles. The maximum absolute atomic E-state index is 12.6. The number of carbonyl (C=O) groups is 2. The molecule has 6 nitrogen and oxygen atoms in total. The Kier molecular flexibility index (Phi) is 10.5. The second-order valence-corrected chi connectivity index (χ2v) is 7.51. The number of halogens is 3. The average molecular weight is 430 g/mol. The van der Waals surface area contributed by atoms with Crippen LogP contribution in [0.4, 0.5) is 13.2 Å². The monoisotopic (exact) mass is 430 g/mol. The van der Waals surface area contributed by atoms with E-state index in [4.69, 9.17) is 10.2 Å². The van der Waals surface area contributed by atoms with Crippen LogP contribution in [0.25, 0.3) is 0 Å². The van der Waals surface area contributed by atoms with Gasteiger partial charge in [-0.15, -0.1) is 0 Å². The zero-order valence-corrected chi connectivity index (χ0v) is 17.2. The second-order valence-electron chi connectivity index (χ2n) is 7.51. The molecule has 1 aliphatic rings. The average Bonchev–Trinajstić information content (AvgIpc) is 2.66. The number of alkyl halides is 3. The zero-order chi connectivity index (χ0) is 22.7. The van der Waals surface area contributed by atoms with Gasteiger partial charge in [-0.05, 0) is 49.5 Å². The maximum atomic E-state index is 12.6. The largest absolute Gasteiger partial charge is 0.478 e. The number of piperidine rings is 1. The van der Waals surface area contributed by atoms with Gasteiger partial charge in [0, 0.05) is 31.3 Å². The van der Waals surface area contributed by atoms with Crippen molar-refractivity contribution in [2.45, 2.75) is 45.5 Å². The van der Waals surface area contributed by atoms with Crippen molar-refractivity contribution in [1.82, 2.24) is 10.2 Å². The molecule has 0 unspecified atom stereocenters. The van der Waals surface area contributed by atoms with Crippen molar-refractivity contribution < 1.29 is 33.0 Å². The Balaban J connectivity index is 0.000000479. The number of hydrogen-bond acceptors (Lipinski definition) is 4. The Morgan fingerprint density at radius 3 is 2.00 bits per heavy atom.